The fourth-order valence-corrected chi connectivity index (χ4v) is 0.698. The Morgan fingerprint density at radius 1 is 1.46 bits per heavy atom. The molecule has 1 atom stereocenters. The SMILES string of the molecule is NNC(=O)NCCC[C@@H](N)C(=O)O. The molecule has 0 radical (unpaired) electrons. The minimum atomic E-state index is -1.04. The smallest absolute Gasteiger partial charge is 0.328 e. The van der Waals surface area contributed by atoms with Gasteiger partial charge in [0.15, 0.2) is 0 Å². The lowest BCUT2D eigenvalue weighted by atomic mass is 10.2. The first-order chi connectivity index (χ1) is 6.07. The van der Waals surface area contributed by atoms with Gasteiger partial charge in [-0.05, 0) is 12.8 Å². The molecule has 0 rings (SSSR count). The molecule has 0 aliphatic rings. The first-order valence-electron chi connectivity index (χ1n) is 3.80. The van der Waals surface area contributed by atoms with Crippen molar-refractivity contribution in [3.8, 4) is 0 Å². The monoisotopic (exact) mass is 190 g/mol. The van der Waals surface area contributed by atoms with Crippen molar-refractivity contribution in [3.63, 3.8) is 0 Å². The quantitative estimate of drug-likeness (QED) is 0.153. The lowest BCUT2D eigenvalue weighted by molar-refractivity contribution is -0.138. The van der Waals surface area contributed by atoms with E-state index in [-0.39, 0.29) is 0 Å². The number of carboxylic acids is 1. The van der Waals surface area contributed by atoms with Gasteiger partial charge in [0.1, 0.15) is 6.04 Å². The van der Waals surface area contributed by atoms with E-state index in [0.29, 0.717) is 19.4 Å². The zero-order valence-corrected chi connectivity index (χ0v) is 7.12. The Hall–Kier alpha value is -1.34. The molecule has 0 aromatic heterocycles. The Balaban J connectivity index is 3.35. The molecular formula is C6H14N4O3. The Kier molecular flexibility index (Phi) is 5.57. The van der Waals surface area contributed by atoms with Gasteiger partial charge in [0.2, 0.25) is 0 Å². The molecule has 0 aromatic rings. The average Bonchev–Trinajstić information content (AvgIpc) is 2.11. The average molecular weight is 190 g/mol. The summed E-state index contributed by atoms with van der Waals surface area (Å²) in [4.78, 5) is 20.7. The highest BCUT2D eigenvalue weighted by atomic mass is 16.4. The van der Waals surface area contributed by atoms with Crippen LogP contribution in [0.2, 0.25) is 0 Å². The minimum absolute atomic E-state index is 0.320. The van der Waals surface area contributed by atoms with Crippen LogP contribution in [-0.2, 0) is 4.79 Å². The minimum Gasteiger partial charge on any atom is -0.480 e. The molecule has 2 amide bonds. The van der Waals surface area contributed by atoms with E-state index in [2.05, 4.69) is 5.32 Å². The van der Waals surface area contributed by atoms with E-state index in [4.69, 9.17) is 16.7 Å². The van der Waals surface area contributed by atoms with E-state index in [1.54, 1.807) is 0 Å². The van der Waals surface area contributed by atoms with Gasteiger partial charge in [0.05, 0.1) is 0 Å². The summed E-state index contributed by atoms with van der Waals surface area (Å²) in [6.45, 7) is 0.351. The molecule has 7 heteroatoms. The number of carboxylic acid groups (broad SMARTS) is 1. The van der Waals surface area contributed by atoms with Gasteiger partial charge < -0.3 is 16.2 Å². The summed E-state index contributed by atoms with van der Waals surface area (Å²) in [6.07, 6.45) is 0.821. The Morgan fingerprint density at radius 3 is 2.54 bits per heavy atom. The van der Waals surface area contributed by atoms with Crippen molar-refractivity contribution in [3.05, 3.63) is 0 Å². The number of amides is 2. The van der Waals surface area contributed by atoms with Crippen molar-refractivity contribution in [2.24, 2.45) is 11.6 Å². The second kappa shape index (κ2) is 6.21. The van der Waals surface area contributed by atoms with Crippen LogP contribution in [0.15, 0.2) is 0 Å². The molecule has 76 valence electrons. The van der Waals surface area contributed by atoms with E-state index in [1.165, 1.54) is 0 Å². The number of nitrogens with one attached hydrogen (secondary N) is 2. The maximum absolute atomic E-state index is 10.5. The predicted octanol–water partition coefficient (Wildman–Crippen LogP) is -1.65. The van der Waals surface area contributed by atoms with E-state index in [0.717, 1.165) is 0 Å². The van der Waals surface area contributed by atoms with Crippen LogP contribution in [0.4, 0.5) is 4.79 Å². The predicted molar refractivity (Wildman–Crippen MR) is 45.6 cm³/mol. The van der Waals surface area contributed by atoms with Crippen molar-refractivity contribution in [2.75, 3.05) is 6.54 Å². The van der Waals surface area contributed by atoms with Gasteiger partial charge in [-0.25, -0.2) is 10.6 Å². The Bertz CT molecular complexity index is 185. The second-order valence-corrected chi connectivity index (χ2v) is 2.49. The van der Waals surface area contributed by atoms with Crippen LogP contribution in [0.1, 0.15) is 12.8 Å². The fraction of sp³-hybridized carbons (Fsp3) is 0.667. The molecule has 0 heterocycles. The van der Waals surface area contributed by atoms with E-state index in [1.807, 2.05) is 5.43 Å². The van der Waals surface area contributed by atoms with Gasteiger partial charge in [0, 0.05) is 6.54 Å². The van der Waals surface area contributed by atoms with Crippen molar-refractivity contribution >= 4 is 12.0 Å². The van der Waals surface area contributed by atoms with Crippen molar-refractivity contribution in [1.82, 2.24) is 10.7 Å². The summed E-state index contributed by atoms with van der Waals surface area (Å²) in [5.41, 5.74) is 7.09. The number of nitrogens with two attached hydrogens (primary N) is 2. The summed E-state index contributed by atoms with van der Waals surface area (Å²) in [7, 11) is 0. The number of carbonyl (C=O) groups excluding carboxylic acids is 1. The first-order valence-corrected chi connectivity index (χ1v) is 3.80. The lowest BCUT2D eigenvalue weighted by Gasteiger charge is -2.06. The van der Waals surface area contributed by atoms with Crippen LogP contribution >= 0.6 is 0 Å². The lowest BCUT2D eigenvalue weighted by Crippen LogP contribution is -2.40. The normalized spacial score (nSPS) is 11.8. The van der Waals surface area contributed by atoms with Crippen LogP contribution in [0.25, 0.3) is 0 Å². The highest BCUT2D eigenvalue weighted by molar-refractivity contribution is 5.73. The van der Waals surface area contributed by atoms with E-state index in [9.17, 15) is 9.59 Å². The number of hydrogen-bond donors (Lipinski definition) is 5. The standard InChI is InChI=1S/C6H14N4O3/c7-4(5(11)12)2-1-3-9-6(13)10-8/h4H,1-3,7-8H2,(H,11,12)(H2,9,10,13)/t4-/m1/s1. The van der Waals surface area contributed by atoms with Crippen molar-refractivity contribution in [2.45, 2.75) is 18.9 Å². The van der Waals surface area contributed by atoms with Crippen LogP contribution in [-0.4, -0.2) is 29.7 Å². The first kappa shape index (κ1) is 11.7. The number of hydrazine groups is 1. The van der Waals surface area contributed by atoms with Crippen molar-refractivity contribution < 1.29 is 14.7 Å². The topological polar surface area (TPSA) is 130 Å². The van der Waals surface area contributed by atoms with Gasteiger partial charge in [-0.1, -0.05) is 0 Å². The molecule has 0 saturated carbocycles. The third-order valence-electron chi connectivity index (χ3n) is 1.43. The summed E-state index contributed by atoms with van der Waals surface area (Å²) >= 11 is 0. The fourth-order valence-electron chi connectivity index (χ4n) is 0.698. The summed E-state index contributed by atoms with van der Waals surface area (Å²) < 4.78 is 0. The molecule has 0 aliphatic carbocycles. The molecule has 0 unspecified atom stereocenters. The molecule has 7 N–H and O–H groups in total. The zero-order valence-electron chi connectivity index (χ0n) is 7.12. The molecule has 0 aromatic carbocycles. The summed E-state index contributed by atoms with van der Waals surface area (Å²) in [5.74, 6) is 3.74. The van der Waals surface area contributed by atoms with E-state index < -0.39 is 18.0 Å². The van der Waals surface area contributed by atoms with Crippen LogP contribution in [0, 0.1) is 0 Å². The largest absolute Gasteiger partial charge is 0.480 e. The molecule has 0 saturated heterocycles. The number of hydrogen-bond acceptors (Lipinski definition) is 4. The van der Waals surface area contributed by atoms with Gasteiger partial charge in [-0.2, -0.15) is 0 Å². The summed E-state index contributed by atoms with van der Waals surface area (Å²) in [5, 5.41) is 10.8. The molecule has 0 spiro atoms. The molecule has 0 aliphatic heterocycles. The maximum atomic E-state index is 10.5. The summed E-state index contributed by atoms with van der Waals surface area (Å²) in [6, 6.07) is -1.37. The van der Waals surface area contributed by atoms with Crippen molar-refractivity contribution in [1.29, 1.82) is 0 Å². The zero-order chi connectivity index (χ0) is 10.3. The number of urea groups is 1. The molecular weight excluding hydrogens is 176 g/mol. The van der Waals surface area contributed by atoms with Crippen LogP contribution in [0.5, 0.6) is 0 Å². The van der Waals surface area contributed by atoms with E-state index >= 15 is 0 Å². The second-order valence-electron chi connectivity index (χ2n) is 2.49. The Labute approximate surface area is 75.4 Å². The molecule has 0 bridgehead atoms. The Morgan fingerprint density at radius 2 is 2.08 bits per heavy atom. The third-order valence-corrected chi connectivity index (χ3v) is 1.43. The van der Waals surface area contributed by atoms with Gasteiger partial charge in [0.25, 0.3) is 0 Å². The van der Waals surface area contributed by atoms with Gasteiger partial charge in [-0.3, -0.25) is 10.2 Å². The number of aliphatic carboxylic acids is 1. The third kappa shape index (κ3) is 5.88. The van der Waals surface area contributed by atoms with Gasteiger partial charge in [-0.15, -0.1) is 0 Å². The number of rotatable bonds is 5. The highest BCUT2D eigenvalue weighted by Gasteiger charge is 2.10. The number of carbonyl (C=O) groups is 2. The maximum Gasteiger partial charge on any atom is 0.328 e. The molecule has 0 fully saturated rings. The highest BCUT2D eigenvalue weighted by Crippen LogP contribution is 1.92. The van der Waals surface area contributed by atoms with Gasteiger partial charge >= 0.3 is 12.0 Å². The molecule has 7 nitrogen and oxygen atoms in total. The van der Waals surface area contributed by atoms with Crippen LogP contribution < -0.4 is 22.3 Å². The van der Waals surface area contributed by atoms with Crippen LogP contribution in [0.3, 0.4) is 0 Å². The molecule has 13 heavy (non-hydrogen) atoms.